The van der Waals surface area contributed by atoms with Gasteiger partial charge in [-0.2, -0.15) is 0 Å². The van der Waals surface area contributed by atoms with Gasteiger partial charge in [0, 0.05) is 19.3 Å². The standard InChI is InChI=1S/C61H92O6/c1-4-7-10-13-16-19-22-25-27-29-30-32-33-36-39-42-45-48-51-54-60(63)66-57-58(56-65-59(62)53-50-47-44-41-38-35-24-21-18-15-12-9-6-3)67-61(64)55-52-49-46-43-40-37-34-31-28-26-23-20-17-14-11-8-5-2/h7-12,16-21,25-28,30,32,34-39,43,46,58H,4-6,13-15,22-24,29,31,33,40-42,44-45,47-57H2,1-3H3/b10-7-,11-8-,12-9-,19-16-,20-17-,21-18-,27-25-,28-26-,32-30-,37-34-,38-35-,39-36-,46-43-. The molecule has 0 amide bonds. The van der Waals surface area contributed by atoms with Gasteiger partial charge in [-0.1, -0.05) is 192 Å². The first-order valence-electron chi connectivity index (χ1n) is 26.0. The van der Waals surface area contributed by atoms with E-state index in [0.717, 1.165) is 141 Å². The first-order chi connectivity index (χ1) is 33.0. The van der Waals surface area contributed by atoms with Crippen molar-refractivity contribution in [1.82, 2.24) is 0 Å². The molecule has 6 nitrogen and oxygen atoms in total. The number of rotatable bonds is 44. The molecule has 372 valence electrons. The number of hydrogen-bond acceptors (Lipinski definition) is 6. The van der Waals surface area contributed by atoms with Gasteiger partial charge in [0.25, 0.3) is 0 Å². The van der Waals surface area contributed by atoms with E-state index >= 15 is 0 Å². The largest absolute Gasteiger partial charge is 0.462 e. The van der Waals surface area contributed by atoms with E-state index in [1.165, 1.54) is 0 Å². The predicted molar refractivity (Wildman–Crippen MR) is 288 cm³/mol. The normalized spacial score (nSPS) is 13.4. The van der Waals surface area contributed by atoms with E-state index in [0.29, 0.717) is 19.3 Å². The summed E-state index contributed by atoms with van der Waals surface area (Å²) in [6.45, 7) is 6.16. The van der Waals surface area contributed by atoms with Crippen LogP contribution >= 0.6 is 0 Å². The molecule has 0 spiro atoms. The lowest BCUT2D eigenvalue weighted by Gasteiger charge is -2.18. The maximum absolute atomic E-state index is 12.8. The molecule has 0 aliphatic rings. The van der Waals surface area contributed by atoms with Crippen LogP contribution in [-0.4, -0.2) is 37.2 Å². The van der Waals surface area contributed by atoms with Crippen molar-refractivity contribution in [2.75, 3.05) is 13.2 Å². The molecule has 1 atom stereocenters. The molecule has 0 bridgehead atoms. The van der Waals surface area contributed by atoms with E-state index in [1.54, 1.807) is 0 Å². The summed E-state index contributed by atoms with van der Waals surface area (Å²) >= 11 is 0. The average molecular weight is 921 g/mol. The topological polar surface area (TPSA) is 78.9 Å². The van der Waals surface area contributed by atoms with Gasteiger partial charge in [0.2, 0.25) is 0 Å². The quantitative estimate of drug-likeness (QED) is 0.0262. The maximum atomic E-state index is 12.8. The Balaban J connectivity index is 4.61. The van der Waals surface area contributed by atoms with Crippen molar-refractivity contribution in [1.29, 1.82) is 0 Å². The van der Waals surface area contributed by atoms with Gasteiger partial charge in [0.05, 0.1) is 0 Å². The average Bonchev–Trinajstić information content (AvgIpc) is 3.33. The fraction of sp³-hybridized carbons (Fsp3) is 0.525. The van der Waals surface area contributed by atoms with Crippen molar-refractivity contribution < 1.29 is 28.6 Å². The number of hydrogen-bond donors (Lipinski definition) is 0. The highest BCUT2D eigenvalue weighted by atomic mass is 16.6. The zero-order valence-corrected chi connectivity index (χ0v) is 42.3. The molecule has 0 heterocycles. The molecule has 1 unspecified atom stereocenters. The van der Waals surface area contributed by atoms with E-state index < -0.39 is 12.1 Å². The summed E-state index contributed by atoms with van der Waals surface area (Å²) in [6, 6.07) is 0. The Kier molecular flexibility index (Phi) is 49.7. The van der Waals surface area contributed by atoms with Crippen molar-refractivity contribution >= 4 is 17.9 Å². The Bertz CT molecular complexity index is 1570. The molecular weight excluding hydrogens is 829 g/mol. The smallest absolute Gasteiger partial charge is 0.306 e. The van der Waals surface area contributed by atoms with E-state index in [9.17, 15) is 14.4 Å². The molecular formula is C61H92O6. The SMILES string of the molecule is CC/C=C\C/C=C\C/C=C\C/C=C\C/C=C\CCCCCC(=O)OCC(COC(=O)CCCCC/C=C\C/C=C\C/C=C\CC)OC(=O)CCC/C=C\C/C=C\C/C=C\C/C=C\C/C=C\CC. The Morgan fingerprint density at radius 1 is 0.299 bits per heavy atom. The number of carbonyl (C=O) groups is 3. The van der Waals surface area contributed by atoms with Crippen LogP contribution in [0.15, 0.2) is 158 Å². The molecule has 6 heteroatoms. The monoisotopic (exact) mass is 921 g/mol. The van der Waals surface area contributed by atoms with Gasteiger partial charge >= 0.3 is 17.9 Å². The van der Waals surface area contributed by atoms with E-state index in [4.69, 9.17) is 14.2 Å². The van der Waals surface area contributed by atoms with Gasteiger partial charge in [0.15, 0.2) is 6.10 Å². The van der Waals surface area contributed by atoms with Crippen molar-refractivity contribution in [3.63, 3.8) is 0 Å². The van der Waals surface area contributed by atoms with Gasteiger partial charge in [-0.25, -0.2) is 0 Å². The highest BCUT2D eigenvalue weighted by Gasteiger charge is 2.19. The Morgan fingerprint density at radius 2 is 0.552 bits per heavy atom. The third kappa shape index (κ3) is 51.9. The fourth-order valence-corrected chi connectivity index (χ4v) is 6.22. The van der Waals surface area contributed by atoms with Crippen LogP contribution in [0.5, 0.6) is 0 Å². The molecule has 0 radical (unpaired) electrons. The molecule has 0 fully saturated rings. The van der Waals surface area contributed by atoms with Gasteiger partial charge in [-0.15, -0.1) is 0 Å². The third-order valence-corrected chi connectivity index (χ3v) is 10.0. The lowest BCUT2D eigenvalue weighted by atomic mass is 10.1. The van der Waals surface area contributed by atoms with Crippen LogP contribution in [0.25, 0.3) is 0 Å². The number of allylic oxidation sites excluding steroid dienone is 26. The maximum Gasteiger partial charge on any atom is 0.306 e. The minimum Gasteiger partial charge on any atom is -0.462 e. The molecule has 0 aromatic heterocycles. The van der Waals surface area contributed by atoms with Crippen LogP contribution in [0.3, 0.4) is 0 Å². The zero-order valence-electron chi connectivity index (χ0n) is 42.3. The van der Waals surface area contributed by atoms with Gasteiger partial charge < -0.3 is 14.2 Å². The summed E-state index contributed by atoms with van der Waals surface area (Å²) in [4.78, 5) is 38.0. The van der Waals surface area contributed by atoms with Gasteiger partial charge in [-0.3, -0.25) is 14.4 Å². The van der Waals surface area contributed by atoms with E-state index in [1.807, 2.05) is 0 Å². The molecule has 0 N–H and O–H groups in total. The molecule has 0 rings (SSSR count). The van der Waals surface area contributed by atoms with Crippen LogP contribution < -0.4 is 0 Å². The molecule has 0 aliphatic heterocycles. The van der Waals surface area contributed by atoms with Crippen LogP contribution in [-0.2, 0) is 28.6 Å². The first-order valence-corrected chi connectivity index (χ1v) is 26.0. The fourth-order valence-electron chi connectivity index (χ4n) is 6.22. The number of carbonyl (C=O) groups excluding carboxylic acids is 3. The Morgan fingerprint density at radius 3 is 0.851 bits per heavy atom. The molecule has 67 heavy (non-hydrogen) atoms. The minimum atomic E-state index is -0.841. The highest BCUT2D eigenvalue weighted by molar-refractivity contribution is 5.71. The lowest BCUT2D eigenvalue weighted by molar-refractivity contribution is -0.167. The Hall–Kier alpha value is -4.97. The van der Waals surface area contributed by atoms with E-state index in [-0.39, 0.29) is 31.6 Å². The second kappa shape index (κ2) is 53.6. The van der Waals surface area contributed by atoms with Crippen LogP contribution in [0.4, 0.5) is 0 Å². The first kappa shape index (κ1) is 62.0. The molecule has 0 aliphatic carbocycles. The summed E-state index contributed by atoms with van der Waals surface area (Å²) in [6.07, 6.45) is 78.1. The van der Waals surface area contributed by atoms with Crippen molar-refractivity contribution in [2.24, 2.45) is 0 Å². The summed E-state index contributed by atoms with van der Waals surface area (Å²) in [5.41, 5.74) is 0. The van der Waals surface area contributed by atoms with Crippen molar-refractivity contribution in [3.05, 3.63) is 158 Å². The predicted octanol–water partition coefficient (Wildman–Crippen LogP) is 17.4. The molecule has 0 aromatic rings. The van der Waals surface area contributed by atoms with Crippen LogP contribution in [0, 0.1) is 0 Å². The summed E-state index contributed by atoms with van der Waals surface area (Å²) < 4.78 is 16.7. The summed E-state index contributed by atoms with van der Waals surface area (Å²) in [7, 11) is 0. The molecule has 0 saturated heterocycles. The summed E-state index contributed by atoms with van der Waals surface area (Å²) in [5, 5.41) is 0. The highest BCUT2D eigenvalue weighted by Crippen LogP contribution is 2.10. The van der Waals surface area contributed by atoms with Crippen molar-refractivity contribution in [3.8, 4) is 0 Å². The minimum absolute atomic E-state index is 0.135. The second-order valence-corrected chi connectivity index (χ2v) is 16.3. The van der Waals surface area contributed by atoms with Gasteiger partial charge in [0.1, 0.15) is 13.2 Å². The molecule has 0 aromatic carbocycles. The molecule has 0 saturated carbocycles. The number of unbranched alkanes of at least 4 members (excludes halogenated alkanes) is 7. The van der Waals surface area contributed by atoms with E-state index in [2.05, 4.69) is 179 Å². The number of esters is 3. The van der Waals surface area contributed by atoms with Crippen molar-refractivity contribution in [2.45, 2.75) is 194 Å². The number of ether oxygens (including phenoxy) is 3. The zero-order chi connectivity index (χ0) is 48.6. The van der Waals surface area contributed by atoms with Crippen LogP contribution in [0.2, 0.25) is 0 Å². The Labute approximate surface area is 409 Å². The second-order valence-electron chi connectivity index (χ2n) is 16.3. The summed E-state index contributed by atoms with van der Waals surface area (Å²) in [5.74, 6) is -1.07. The lowest BCUT2D eigenvalue weighted by Crippen LogP contribution is -2.30. The van der Waals surface area contributed by atoms with Crippen LogP contribution in [0.1, 0.15) is 188 Å². The third-order valence-electron chi connectivity index (χ3n) is 10.0. The van der Waals surface area contributed by atoms with Gasteiger partial charge in [-0.05, 0) is 135 Å².